The van der Waals surface area contributed by atoms with Crippen LogP contribution in [0.1, 0.15) is 20.8 Å². The Morgan fingerprint density at radius 1 is 1.38 bits per heavy atom. The lowest BCUT2D eigenvalue weighted by molar-refractivity contribution is 0.399. The number of alkyl halides is 1. The van der Waals surface area contributed by atoms with E-state index < -0.39 is 10.2 Å². The fraction of sp³-hybridized carbons (Fsp3) is 1.00. The lowest BCUT2D eigenvalue weighted by Gasteiger charge is -2.23. The van der Waals surface area contributed by atoms with Crippen LogP contribution in [0.25, 0.3) is 0 Å². The fourth-order valence-electron chi connectivity index (χ4n) is 0.646. The molecule has 0 saturated heterocycles. The van der Waals surface area contributed by atoms with Gasteiger partial charge in [-0.15, -0.1) is 11.6 Å². The summed E-state index contributed by atoms with van der Waals surface area (Å²) in [6, 6.07) is -0.298. The molecule has 0 radical (unpaired) electrons. The van der Waals surface area contributed by atoms with Gasteiger partial charge in [0, 0.05) is 25.0 Å². The van der Waals surface area contributed by atoms with Crippen molar-refractivity contribution >= 4 is 21.8 Å². The summed E-state index contributed by atoms with van der Waals surface area (Å²) in [5.41, 5.74) is 0. The van der Waals surface area contributed by atoms with Crippen LogP contribution < -0.4 is 4.72 Å². The van der Waals surface area contributed by atoms with E-state index >= 15 is 0 Å². The van der Waals surface area contributed by atoms with E-state index in [1.165, 1.54) is 11.4 Å². The molecule has 0 aromatic heterocycles. The molecule has 0 rings (SSSR count). The maximum Gasteiger partial charge on any atom is 0.279 e. The predicted molar refractivity (Wildman–Crippen MR) is 55.1 cm³/mol. The monoisotopic (exact) mass is 228 g/mol. The van der Waals surface area contributed by atoms with Crippen LogP contribution in [-0.2, 0) is 10.2 Å². The normalized spacial score (nSPS) is 15.3. The zero-order chi connectivity index (χ0) is 10.6. The van der Waals surface area contributed by atoms with Gasteiger partial charge in [0.25, 0.3) is 10.2 Å². The van der Waals surface area contributed by atoms with Gasteiger partial charge in [0.05, 0.1) is 0 Å². The molecule has 13 heavy (non-hydrogen) atoms. The van der Waals surface area contributed by atoms with E-state index in [0.717, 1.165) is 0 Å². The Hall–Kier alpha value is 0.160. The highest BCUT2D eigenvalue weighted by Crippen LogP contribution is 2.02. The largest absolute Gasteiger partial charge is 0.279 e. The van der Waals surface area contributed by atoms with Gasteiger partial charge in [-0.2, -0.15) is 17.4 Å². The summed E-state index contributed by atoms with van der Waals surface area (Å²) in [4.78, 5) is 0. The standard InChI is InChI=1S/C7H17ClN2O2S/c1-6(2)10(4)13(11,12)9-7(3)5-8/h6-7,9H,5H2,1-4H3. The smallest absolute Gasteiger partial charge is 0.198 e. The molecule has 0 heterocycles. The van der Waals surface area contributed by atoms with E-state index in [-0.39, 0.29) is 18.0 Å². The van der Waals surface area contributed by atoms with Gasteiger partial charge in [-0.25, -0.2) is 0 Å². The molecule has 0 aromatic carbocycles. The molecule has 0 aliphatic carbocycles. The Kier molecular flexibility index (Phi) is 5.21. The molecular formula is C7H17ClN2O2S. The number of nitrogens with zero attached hydrogens (tertiary/aromatic N) is 1. The van der Waals surface area contributed by atoms with Gasteiger partial charge >= 0.3 is 0 Å². The second kappa shape index (κ2) is 5.14. The Morgan fingerprint density at radius 3 is 2.15 bits per heavy atom. The van der Waals surface area contributed by atoms with Crippen LogP contribution in [0.4, 0.5) is 0 Å². The van der Waals surface area contributed by atoms with Gasteiger partial charge in [0.15, 0.2) is 0 Å². The Balaban J connectivity index is 4.41. The van der Waals surface area contributed by atoms with Crippen molar-refractivity contribution in [2.24, 2.45) is 0 Å². The quantitative estimate of drug-likeness (QED) is 0.708. The molecule has 80 valence electrons. The highest BCUT2D eigenvalue weighted by Gasteiger charge is 2.21. The zero-order valence-corrected chi connectivity index (χ0v) is 9.98. The minimum Gasteiger partial charge on any atom is -0.198 e. The van der Waals surface area contributed by atoms with Crippen molar-refractivity contribution in [2.75, 3.05) is 12.9 Å². The third kappa shape index (κ3) is 4.26. The van der Waals surface area contributed by atoms with E-state index in [1.807, 2.05) is 13.8 Å². The van der Waals surface area contributed by atoms with Gasteiger partial charge < -0.3 is 0 Å². The molecule has 1 atom stereocenters. The summed E-state index contributed by atoms with van der Waals surface area (Å²) < 4.78 is 26.7. The molecule has 0 aliphatic rings. The third-order valence-electron chi connectivity index (χ3n) is 1.69. The van der Waals surface area contributed by atoms with E-state index in [9.17, 15) is 8.42 Å². The molecule has 1 unspecified atom stereocenters. The Labute approximate surface area is 85.4 Å². The highest BCUT2D eigenvalue weighted by molar-refractivity contribution is 7.87. The Bertz CT molecular complexity index is 241. The molecule has 4 nitrogen and oxygen atoms in total. The highest BCUT2D eigenvalue weighted by atomic mass is 35.5. The molecule has 1 N–H and O–H groups in total. The molecule has 0 aromatic rings. The van der Waals surface area contributed by atoms with Gasteiger partial charge in [0.1, 0.15) is 0 Å². The number of hydrogen-bond donors (Lipinski definition) is 1. The third-order valence-corrected chi connectivity index (χ3v) is 4.03. The summed E-state index contributed by atoms with van der Waals surface area (Å²) in [6.45, 7) is 5.34. The van der Waals surface area contributed by atoms with Crippen molar-refractivity contribution < 1.29 is 8.42 Å². The molecule has 6 heteroatoms. The minimum absolute atomic E-state index is 0.0555. The first-order valence-electron chi connectivity index (χ1n) is 4.12. The first-order chi connectivity index (χ1) is 5.81. The minimum atomic E-state index is -3.37. The fourth-order valence-corrected chi connectivity index (χ4v) is 2.13. The van der Waals surface area contributed by atoms with Crippen LogP contribution in [0.5, 0.6) is 0 Å². The van der Waals surface area contributed by atoms with Crippen molar-refractivity contribution in [1.82, 2.24) is 9.03 Å². The van der Waals surface area contributed by atoms with E-state index in [4.69, 9.17) is 11.6 Å². The first kappa shape index (κ1) is 13.2. The molecule has 0 bridgehead atoms. The summed E-state index contributed by atoms with van der Waals surface area (Å²) in [6.07, 6.45) is 0. The van der Waals surface area contributed by atoms with Gasteiger partial charge in [-0.05, 0) is 20.8 Å². The summed E-state index contributed by atoms with van der Waals surface area (Å²) >= 11 is 5.50. The molecule has 0 saturated carbocycles. The van der Waals surface area contributed by atoms with Gasteiger partial charge in [0.2, 0.25) is 0 Å². The molecule has 0 amide bonds. The lowest BCUT2D eigenvalue weighted by Crippen LogP contribution is -2.45. The average Bonchev–Trinajstić information content (AvgIpc) is 2.01. The second-order valence-corrected chi connectivity index (χ2v) is 5.36. The SMILES string of the molecule is CC(CCl)NS(=O)(=O)N(C)C(C)C. The second-order valence-electron chi connectivity index (χ2n) is 3.29. The number of nitrogens with one attached hydrogen (secondary N) is 1. The van der Waals surface area contributed by atoms with Crippen molar-refractivity contribution in [3.8, 4) is 0 Å². The van der Waals surface area contributed by atoms with Crippen LogP contribution in [0.3, 0.4) is 0 Å². The van der Waals surface area contributed by atoms with Crippen LogP contribution >= 0.6 is 11.6 Å². The zero-order valence-electron chi connectivity index (χ0n) is 8.41. The Morgan fingerprint density at radius 2 is 1.85 bits per heavy atom. The van der Waals surface area contributed by atoms with Crippen LogP contribution in [0.2, 0.25) is 0 Å². The van der Waals surface area contributed by atoms with Crippen LogP contribution in [0.15, 0.2) is 0 Å². The van der Waals surface area contributed by atoms with Gasteiger partial charge in [-0.3, -0.25) is 0 Å². The van der Waals surface area contributed by atoms with Crippen LogP contribution in [-0.4, -0.2) is 37.7 Å². The first-order valence-corrected chi connectivity index (χ1v) is 6.10. The van der Waals surface area contributed by atoms with Crippen molar-refractivity contribution in [3.05, 3.63) is 0 Å². The van der Waals surface area contributed by atoms with E-state index in [1.54, 1.807) is 6.92 Å². The average molecular weight is 229 g/mol. The summed E-state index contributed by atoms with van der Waals surface area (Å²) in [7, 11) is -1.84. The van der Waals surface area contributed by atoms with Crippen LogP contribution in [0, 0.1) is 0 Å². The predicted octanol–water partition coefficient (Wildman–Crippen LogP) is 0.788. The molecule has 0 spiro atoms. The number of hydrogen-bond acceptors (Lipinski definition) is 2. The van der Waals surface area contributed by atoms with Crippen molar-refractivity contribution in [3.63, 3.8) is 0 Å². The van der Waals surface area contributed by atoms with Gasteiger partial charge in [-0.1, -0.05) is 0 Å². The molecule has 0 fully saturated rings. The lowest BCUT2D eigenvalue weighted by atomic mass is 10.4. The van der Waals surface area contributed by atoms with Crippen molar-refractivity contribution in [2.45, 2.75) is 32.9 Å². The molecular weight excluding hydrogens is 212 g/mol. The molecule has 0 aliphatic heterocycles. The number of halogens is 1. The maximum atomic E-state index is 11.5. The summed E-state index contributed by atoms with van der Waals surface area (Å²) in [5, 5.41) is 0. The van der Waals surface area contributed by atoms with E-state index in [0.29, 0.717) is 0 Å². The van der Waals surface area contributed by atoms with Crippen molar-refractivity contribution in [1.29, 1.82) is 0 Å². The maximum absolute atomic E-state index is 11.5. The van der Waals surface area contributed by atoms with E-state index in [2.05, 4.69) is 4.72 Å². The topological polar surface area (TPSA) is 49.4 Å². The number of rotatable bonds is 5. The summed E-state index contributed by atoms with van der Waals surface area (Å²) in [5.74, 6) is 0.269.